The van der Waals surface area contributed by atoms with Crippen molar-refractivity contribution in [3.63, 3.8) is 0 Å². The fourth-order valence-electron chi connectivity index (χ4n) is 1.98. The van der Waals surface area contributed by atoms with E-state index in [0.717, 1.165) is 12.5 Å². The molecule has 0 saturated heterocycles. The first-order valence-electron chi connectivity index (χ1n) is 6.47. The summed E-state index contributed by atoms with van der Waals surface area (Å²) in [7, 11) is 0. The van der Waals surface area contributed by atoms with Gasteiger partial charge in [-0.3, -0.25) is 14.9 Å². The number of hydrogen-bond acceptors (Lipinski definition) is 4. The third-order valence-electron chi connectivity index (χ3n) is 2.97. The van der Waals surface area contributed by atoms with Crippen LogP contribution >= 0.6 is 0 Å². The van der Waals surface area contributed by atoms with E-state index in [1.54, 1.807) is 22.9 Å². The fourth-order valence-corrected chi connectivity index (χ4v) is 1.98. The number of nitrogens with zero attached hydrogens (tertiary/aromatic N) is 2. The smallest absolute Gasteiger partial charge is 0.273 e. The first-order valence-corrected chi connectivity index (χ1v) is 6.47. The zero-order chi connectivity index (χ0) is 15.4. The number of anilines is 1. The molecule has 110 valence electrons. The van der Waals surface area contributed by atoms with E-state index in [-0.39, 0.29) is 23.0 Å². The maximum atomic E-state index is 12.2. The molecular formula is C14H15N3O4. The molecule has 2 rings (SSSR count). The highest BCUT2D eigenvalue weighted by atomic mass is 16.6. The number of aromatic hydroxyl groups is 1. The van der Waals surface area contributed by atoms with Gasteiger partial charge in [0, 0.05) is 18.8 Å². The van der Waals surface area contributed by atoms with Crippen LogP contribution in [0.3, 0.4) is 0 Å². The highest BCUT2D eigenvalue weighted by molar-refractivity contribution is 6.04. The van der Waals surface area contributed by atoms with Gasteiger partial charge in [-0.2, -0.15) is 0 Å². The Morgan fingerprint density at radius 1 is 1.43 bits per heavy atom. The molecule has 7 heteroatoms. The largest absolute Gasteiger partial charge is 0.506 e. The van der Waals surface area contributed by atoms with Crippen LogP contribution in [-0.4, -0.2) is 20.5 Å². The molecule has 1 amide bonds. The zero-order valence-electron chi connectivity index (χ0n) is 11.4. The molecule has 0 aliphatic rings. The molecule has 2 N–H and O–H groups in total. The fraction of sp³-hybridized carbons (Fsp3) is 0.214. The van der Waals surface area contributed by atoms with E-state index < -0.39 is 4.92 Å². The van der Waals surface area contributed by atoms with E-state index in [1.165, 1.54) is 12.1 Å². The van der Waals surface area contributed by atoms with Gasteiger partial charge >= 0.3 is 0 Å². The molecule has 0 aliphatic carbocycles. The summed E-state index contributed by atoms with van der Waals surface area (Å²) in [4.78, 5) is 22.1. The Balaban J connectivity index is 2.19. The summed E-state index contributed by atoms with van der Waals surface area (Å²) in [6.45, 7) is 2.71. The number of nitrogens with one attached hydrogen (secondary N) is 1. The second-order valence-corrected chi connectivity index (χ2v) is 4.50. The van der Waals surface area contributed by atoms with Crippen molar-refractivity contribution >= 4 is 17.3 Å². The molecule has 21 heavy (non-hydrogen) atoms. The van der Waals surface area contributed by atoms with Crippen molar-refractivity contribution in [1.29, 1.82) is 0 Å². The molecule has 0 unspecified atom stereocenters. The van der Waals surface area contributed by atoms with Gasteiger partial charge in [0.1, 0.15) is 11.4 Å². The average molecular weight is 289 g/mol. The quantitative estimate of drug-likeness (QED) is 0.502. The highest BCUT2D eigenvalue weighted by Gasteiger charge is 2.15. The summed E-state index contributed by atoms with van der Waals surface area (Å²) in [6, 6.07) is 6.97. The lowest BCUT2D eigenvalue weighted by Crippen LogP contribution is -2.16. The minimum absolute atomic E-state index is 0.134. The predicted molar refractivity (Wildman–Crippen MR) is 77.4 cm³/mol. The minimum Gasteiger partial charge on any atom is -0.506 e. The summed E-state index contributed by atoms with van der Waals surface area (Å²) < 4.78 is 1.80. The van der Waals surface area contributed by atoms with E-state index in [0.29, 0.717) is 12.2 Å². The number of amides is 1. The molecule has 2 aromatic rings. The van der Waals surface area contributed by atoms with Gasteiger partial charge in [0.2, 0.25) is 0 Å². The van der Waals surface area contributed by atoms with Crippen LogP contribution in [-0.2, 0) is 6.54 Å². The minimum atomic E-state index is -0.613. The molecule has 0 saturated carbocycles. The standard InChI is InChI=1S/C14H15N3O4/c1-2-7-16-8-3-4-12(16)14(19)15-11-6-5-10(17(20)21)9-13(11)18/h3-6,8-9,18H,2,7H2,1H3,(H,15,19). The first-order chi connectivity index (χ1) is 10.0. The van der Waals surface area contributed by atoms with Gasteiger partial charge in [-0.15, -0.1) is 0 Å². The molecule has 0 fully saturated rings. The maximum absolute atomic E-state index is 12.2. The Morgan fingerprint density at radius 3 is 2.81 bits per heavy atom. The van der Waals surface area contributed by atoms with E-state index in [9.17, 15) is 20.0 Å². The number of aromatic nitrogens is 1. The van der Waals surface area contributed by atoms with Crippen molar-refractivity contribution in [3.05, 3.63) is 52.3 Å². The van der Waals surface area contributed by atoms with E-state index in [2.05, 4.69) is 5.32 Å². The number of phenols is 1. The average Bonchev–Trinajstić information content (AvgIpc) is 2.89. The molecule has 1 aromatic carbocycles. The summed E-state index contributed by atoms with van der Waals surface area (Å²) >= 11 is 0. The zero-order valence-corrected chi connectivity index (χ0v) is 11.4. The molecule has 1 aromatic heterocycles. The van der Waals surface area contributed by atoms with Crippen molar-refractivity contribution in [3.8, 4) is 5.75 Å². The molecule has 1 heterocycles. The number of non-ortho nitro benzene ring substituents is 1. The third kappa shape index (κ3) is 3.19. The molecule has 0 atom stereocenters. The van der Waals surface area contributed by atoms with Gasteiger partial charge < -0.3 is 15.0 Å². The second kappa shape index (κ2) is 6.08. The first kappa shape index (κ1) is 14.6. The predicted octanol–water partition coefficient (Wildman–Crippen LogP) is 2.76. The number of carbonyl (C=O) groups is 1. The van der Waals surface area contributed by atoms with Gasteiger partial charge in [0.05, 0.1) is 16.7 Å². The normalized spacial score (nSPS) is 10.3. The van der Waals surface area contributed by atoms with Crippen molar-refractivity contribution in [2.75, 3.05) is 5.32 Å². The Bertz CT molecular complexity index is 679. The lowest BCUT2D eigenvalue weighted by Gasteiger charge is -2.09. The third-order valence-corrected chi connectivity index (χ3v) is 2.97. The Kier molecular flexibility index (Phi) is 4.22. The Morgan fingerprint density at radius 2 is 2.19 bits per heavy atom. The van der Waals surface area contributed by atoms with E-state index in [1.807, 2.05) is 6.92 Å². The summed E-state index contributed by atoms with van der Waals surface area (Å²) in [5.74, 6) is -0.719. The van der Waals surface area contributed by atoms with Crippen LogP contribution in [0.1, 0.15) is 23.8 Å². The number of carbonyl (C=O) groups excluding carboxylic acids is 1. The van der Waals surface area contributed by atoms with E-state index >= 15 is 0 Å². The van der Waals surface area contributed by atoms with Crippen LogP contribution in [0.4, 0.5) is 11.4 Å². The van der Waals surface area contributed by atoms with Gasteiger partial charge in [0.15, 0.2) is 0 Å². The molecular weight excluding hydrogens is 274 g/mol. The molecule has 0 bridgehead atoms. The molecule has 0 radical (unpaired) electrons. The Labute approximate surface area is 121 Å². The van der Waals surface area contributed by atoms with Crippen LogP contribution in [0, 0.1) is 10.1 Å². The highest BCUT2D eigenvalue weighted by Crippen LogP contribution is 2.28. The second-order valence-electron chi connectivity index (χ2n) is 4.50. The summed E-state index contributed by atoms with van der Waals surface area (Å²) in [6.07, 6.45) is 2.69. The number of aryl methyl sites for hydroxylation is 1. The van der Waals surface area contributed by atoms with Gasteiger partial charge in [-0.05, 0) is 24.6 Å². The SMILES string of the molecule is CCCn1cccc1C(=O)Nc1ccc([N+](=O)[O-])cc1O. The topological polar surface area (TPSA) is 97.4 Å². The van der Waals surface area contributed by atoms with Crippen molar-refractivity contribution in [2.45, 2.75) is 19.9 Å². The maximum Gasteiger partial charge on any atom is 0.273 e. The van der Waals surface area contributed by atoms with Crippen LogP contribution in [0.25, 0.3) is 0 Å². The van der Waals surface area contributed by atoms with Crippen LogP contribution < -0.4 is 5.32 Å². The van der Waals surface area contributed by atoms with Crippen LogP contribution in [0.2, 0.25) is 0 Å². The van der Waals surface area contributed by atoms with Crippen LogP contribution in [0.5, 0.6) is 5.75 Å². The summed E-state index contributed by atoms with van der Waals surface area (Å²) in [5.41, 5.74) is 0.365. The number of benzene rings is 1. The Hall–Kier alpha value is -2.83. The number of rotatable bonds is 5. The van der Waals surface area contributed by atoms with E-state index in [4.69, 9.17) is 0 Å². The summed E-state index contributed by atoms with van der Waals surface area (Å²) in [5, 5.41) is 22.9. The van der Waals surface area contributed by atoms with Gasteiger partial charge in [-0.25, -0.2) is 0 Å². The lowest BCUT2D eigenvalue weighted by molar-refractivity contribution is -0.384. The number of nitro benzene ring substituents is 1. The number of hydrogen-bond donors (Lipinski definition) is 2. The van der Waals surface area contributed by atoms with Crippen molar-refractivity contribution < 1.29 is 14.8 Å². The molecule has 0 aliphatic heterocycles. The van der Waals surface area contributed by atoms with Gasteiger partial charge in [0.25, 0.3) is 11.6 Å². The number of nitro groups is 1. The molecule has 7 nitrogen and oxygen atoms in total. The van der Waals surface area contributed by atoms with Crippen molar-refractivity contribution in [2.24, 2.45) is 0 Å². The van der Waals surface area contributed by atoms with Gasteiger partial charge in [-0.1, -0.05) is 6.92 Å². The monoisotopic (exact) mass is 289 g/mol. The molecule has 0 spiro atoms. The van der Waals surface area contributed by atoms with Crippen molar-refractivity contribution in [1.82, 2.24) is 4.57 Å². The van der Waals surface area contributed by atoms with Crippen LogP contribution in [0.15, 0.2) is 36.5 Å². The lowest BCUT2D eigenvalue weighted by atomic mass is 10.2. The number of phenolic OH excluding ortho intramolecular Hbond substituents is 1.